The van der Waals surface area contributed by atoms with Gasteiger partial charge in [0.05, 0.1) is 12.7 Å². The maximum absolute atomic E-state index is 14.2. The fraction of sp³-hybridized carbons (Fsp3) is 0.312. The predicted octanol–water partition coefficient (Wildman–Crippen LogP) is 4.20. The first kappa shape index (κ1) is 16.9. The largest absolute Gasteiger partial charge is 0.464 e. The van der Waals surface area contributed by atoms with Crippen LogP contribution in [0.5, 0.6) is 0 Å². The number of aromatic nitrogens is 2. The summed E-state index contributed by atoms with van der Waals surface area (Å²) in [4.78, 5) is 20.3. The lowest BCUT2D eigenvalue weighted by Crippen LogP contribution is -2.13. The number of esters is 1. The fourth-order valence-corrected chi connectivity index (χ4v) is 2.54. The molecule has 0 spiro atoms. The summed E-state index contributed by atoms with van der Waals surface area (Å²) in [6.45, 7) is 0.680. The third-order valence-electron chi connectivity index (χ3n) is 3.66. The van der Waals surface area contributed by atoms with Gasteiger partial charge in [0.25, 0.3) is 0 Å². The second kappa shape index (κ2) is 6.91. The molecule has 1 aromatic carbocycles. The Kier molecular flexibility index (Phi) is 4.87. The van der Waals surface area contributed by atoms with Crippen LogP contribution in [0.4, 0.5) is 10.2 Å². The number of hydrogen-bond acceptors (Lipinski definition) is 5. The summed E-state index contributed by atoms with van der Waals surface area (Å²) in [7, 11) is 1.22. The molecule has 8 heteroatoms. The molecule has 1 heterocycles. The van der Waals surface area contributed by atoms with E-state index in [1.54, 1.807) is 0 Å². The van der Waals surface area contributed by atoms with Gasteiger partial charge in [0, 0.05) is 11.6 Å². The third-order valence-corrected chi connectivity index (χ3v) is 4.25. The number of ether oxygens (including phenoxy) is 1. The number of carbonyl (C=O) groups is 1. The van der Waals surface area contributed by atoms with Crippen LogP contribution in [0.25, 0.3) is 11.4 Å². The highest BCUT2D eigenvalue weighted by Gasteiger charge is 2.24. The number of nitrogens with one attached hydrogen (secondary N) is 1. The van der Waals surface area contributed by atoms with Crippen LogP contribution in [0.3, 0.4) is 0 Å². The van der Waals surface area contributed by atoms with Gasteiger partial charge in [-0.2, -0.15) is 0 Å². The third kappa shape index (κ3) is 3.60. The maximum Gasteiger partial charge on any atom is 0.358 e. The van der Waals surface area contributed by atoms with Gasteiger partial charge in [0.1, 0.15) is 16.7 Å². The summed E-state index contributed by atoms with van der Waals surface area (Å²) in [6.07, 6.45) is 2.27. The van der Waals surface area contributed by atoms with Gasteiger partial charge in [0.2, 0.25) is 0 Å². The Hall–Kier alpha value is -1.92. The van der Waals surface area contributed by atoms with Crippen LogP contribution >= 0.6 is 23.2 Å². The molecule has 1 N–H and O–H groups in total. The topological polar surface area (TPSA) is 64.1 Å². The second-order valence-electron chi connectivity index (χ2n) is 5.50. The summed E-state index contributed by atoms with van der Waals surface area (Å²) in [5, 5.41) is 3.41. The molecule has 1 saturated carbocycles. The average molecular weight is 370 g/mol. The number of benzene rings is 1. The molecule has 0 radical (unpaired) electrons. The van der Waals surface area contributed by atoms with E-state index in [0.717, 1.165) is 18.9 Å². The molecule has 5 nitrogen and oxygen atoms in total. The minimum absolute atomic E-state index is 0.0345. The molecule has 0 unspecified atom stereocenters. The fourth-order valence-electron chi connectivity index (χ4n) is 2.15. The molecular formula is C16H14Cl2FN3O2. The molecular weight excluding hydrogens is 356 g/mol. The highest BCUT2D eigenvalue weighted by atomic mass is 35.5. The molecule has 1 aromatic heterocycles. The van der Waals surface area contributed by atoms with E-state index in [1.165, 1.54) is 19.2 Å². The molecule has 2 aromatic rings. The number of methoxy groups -OCH3 is 1. The van der Waals surface area contributed by atoms with Crippen molar-refractivity contribution in [2.45, 2.75) is 12.8 Å². The summed E-state index contributed by atoms with van der Waals surface area (Å²) in [5.74, 6) is -0.426. The molecule has 0 bridgehead atoms. The Bertz CT molecular complexity index is 797. The Balaban J connectivity index is 2.06. The lowest BCUT2D eigenvalue weighted by molar-refractivity contribution is 0.0594. The first-order valence-electron chi connectivity index (χ1n) is 7.34. The van der Waals surface area contributed by atoms with Crippen molar-refractivity contribution in [1.82, 2.24) is 9.97 Å². The van der Waals surface area contributed by atoms with Crippen molar-refractivity contribution in [2.24, 2.45) is 5.92 Å². The summed E-state index contributed by atoms with van der Waals surface area (Å²) in [5.41, 5.74) is 0.00695. The van der Waals surface area contributed by atoms with Crippen LogP contribution in [0.1, 0.15) is 23.3 Å². The number of halogens is 3. The van der Waals surface area contributed by atoms with Gasteiger partial charge >= 0.3 is 5.97 Å². The predicted molar refractivity (Wildman–Crippen MR) is 90.0 cm³/mol. The maximum atomic E-state index is 14.2. The van der Waals surface area contributed by atoms with E-state index in [2.05, 4.69) is 15.3 Å². The van der Waals surface area contributed by atoms with E-state index in [1.807, 2.05) is 0 Å². The van der Waals surface area contributed by atoms with Crippen molar-refractivity contribution < 1.29 is 13.9 Å². The van der Waals surface area contributed by atoms with Crippen LogP contribution in [-0.2, 0) is 4.74 Å². The van der Waals surface area contributed by atoms with Gasteiger partial charge in [-0.1, -0.05) is 23.2 Å². The van der Waals surface area contributed by atoms with Crippen LogP contribution < -0.4 is 5.32 Å². The molecule has 1 aliphatic carbocycles. The zero-order valence-corrected chi connectivity index (χ0v) is 14.3. The van der Waals surface area contributed by atoms with E-state index in [-0.39, 0.29) is 32.9 Å². The van der Waals surface area contributed by atoms with Gasteiger partial charge in [-0.05, 0) is 37.0 Å². The number of anilines is 1. The normalized spacial score (nSPS) is 13.7. The quantitative estimate of drug-likeness (QED) is 0.800. The van der Waals surface area contributed by atoms with E-state index >= 15 is 0 Å². The lowest BCUT2D eigenvalue weighted by atomic mass is 10.2. The van der Waals surface area contributed by atoms with Gasteiger partial charge in [-0.3, -0.25) is 0 Å². The Morgan fingerprint density at radius 3 is 2.75 bits per heavy atom. The Labute approximate surface area is 148 Å². The summed E-state index contributed by atoms with van der Waals surface area (Å²) < 4.78 is 18.9. The molecule has 0 aliphatic heterocycles. The number of hydrogen-bond donors (Lipinski definition) is 1. The van der Waals surface area contributed by atoms with Crippen LogP contribution in [-0.4, -0.2) is 29.6 Å². The smallest absolute Gasteiger partial charge is 0.358 e. The molecule has 1 fully saturated rings. The van der Waals surface area contributed by atoms with E-state index in [9.17, 15) is 9.18 Å². The summed E-state index contributed by atoms with van der Waals surface area (Å²) in [6, 6.07) is 4.13. The van der Waals surface area contributed by atoms with E-state index < -0.39 is 11.8 Å². The van der Waals surface area contributed by atoms with E-state index in [4.69, 9.17) is 27.9 Å². The zero-order chi connectivity index (χ0) is 17.3. The monoisotopic (exact) mass is 369 g/mol. The summed E-state index contributed by atoms with van der Waals surface area (Å²) >= 11 is 12.0. The second-order valence-corrected chi connectivity index (χ2v) is 6.31. The van der Waals surface area contributed by atoms with Crippen molar-refractivity contribution in [3.8, 4) is 11.4 Å². The van der Waals surface area contributed by atoms with Gasteiger partial charge in [-0.15, -0.1) is 0 Å². The average Bonchev–Trinajstić information content (AvgIpc) is 3.38. The van der Waals surface area contributed by atoms with E-state index in [0.29, 0.717) is 12.5 Å². The molecule has 126 valence electrons. The Morgan fingerprint density at radius 1 is 1.38 bits per heavy atom. The highest BCUT2D eigenvalue weighted by molar-refractivity contribution is 6.35. The number of nitrogens with zero attached hydrogens (tertiary/aromatic N) is 2. The lowest BCUT2D eigenvalue weighted by Gasteiger charge is -2.12. The first-order valence-corrected chi connectivity index (χ1v) is 8.10. The molecule has 24 heavy (non-hydrogen) atoms. The van der Waals surface area contributed by atoms with Crippen molar-refractivity contribution in [3.05, 3.63) is 39.8 Å². The van der Waals surface area contributed by atoms with Crippen molar-refractivity contribution in [2.75, 3.05) is 19.0 Å². The molecule has 0 amide bonds. The van der Waals surface area contributed by atoms with Crippen LogP contribution in [0.15, 0.2) is 18.2 Å². The zero-order valence-electron chi connectivity index (χ0n) is 12.8. The standard InChI is InChI=1S/C16H14Cl2FN3O2/c1-24-16(23)13-12(18)15(20-7-8-2-3-8)22-14(21-13)10-5-4-9(17)6-11(10)19/h4-6,8H,2-3,7H2,1H3,(H,20,21,22). The highest BCUT2D eigenvalue weighted by Crippen LogP contribution is 2.32. The van der Waals surface area contributed by atoms with Gasteiger partial charge < -0.3 is 10.1 Å². The first-order chi connectivity index (χ1) is 11.5. The minimum atomic E-state index is -0.715. The van der Waals surface area contributed by atoms with Gasteiger partial charge in [-0.25, -0.2) is 19.2 Å². The van der Waals surface area contributed by atoms with Crippen molar-refractivity contribution >= 4 is 35.0 Å². The molecule has 0 saturated heterocycles. The van der Waals surface area contributed by atoms with Crippen LogP contribution in [0, 0.1) is 11.7 Å². The van der Waals surface area contributed by atoms with Gasteiger partial charge in [0.15, 0.2) is 11.5 Å². The molecule has 1 aliphatic rings. The number of rotatable bonds is 5. The number of carbonyl (C=O) groups excluding carboxylic acids is 1. The van der Waals surface area contributed by atoms with Crippen molar-refractivity contribution in [3.63, 3.8) is 0 Å². The molecule has 0 atom stereocenters. The van der Waals surface area contributed by atoms with Crippen LogP contribution in [0.2, 0.25) is 10.0 Å². The minimum Gasteiger partial charge on any atom is -0.464 e. The SMILES string of the molecule is COC(=O)c1nc(-c2ccc(Cl)cc2F)nc(NCC2CC2)c1Cl. The molecule has 3 rings (SSSR count). The van der Waals surface area contributed by atoms with Crippen molar-refractivity contribution in [1.29, 1.82) is 0 Å². The Morgan fingerprint density at radius 2 is 2.12 bits per heavy atom.